The first-order valence-electron chi connectivity index (χ1n) is 6.71. The number of aryl methyl sites for hydroxylation is 1. The number of anilines is 1. The van der Waals surface area contributed by atoms with Gasteiger partial charge in [0.25, 0.3) is 0 Å². The zero-order valence-electron chi connectivity index (χ0n) is 12.5. The SMILES string of the molecule is C#CC(C)(C)Oc1nc(CC)nc(NCCC)c1C. The van der Waals surface area contributed by atoms with Gasteiger partial charge in [-0.3, -0.25) is 0 Å². The van der Waals surface area contributed by atoms with Crippen molar-refractivity contribution in [1.29, 1.82) is 0 Å². The molecule has 1 aromatic rings. The Kier molecular flexibility index (Phi) is 5.17. The van der Waals surface area contributed by atoms with Gasteiger partial charge in [-0.1, -0.05) is 19.8 Å². The predicted octanol–water partition coefficient (Wildman–Crippen LogP) is 2.96. The van der Waals surface area contributed by atoms with Gasteiger partial charge in [0, 0.05) is 13.0 Å². The molecule has 1 N–H and O–H groups in total. The Morgan fingerprint density at radius 2 is 2.00 bits per heavy atom. The second kappa shape index (κ2) is 6.42. The van der Waals surface area contributed by atoms with Gasteiger partial charge in [0.15, 0.2) is 5.60 Å². The van der Waals surface area contributed by atoms with E-state index in [0.29, 0.717) is 5.88 Å². The Labute approximate surface area is 116 Å². The molecule has 4 nitrogen and oxygen atoms in total. The van der Waals surface area contributed by atoms with E-state index in [0.717, 1.165) is 36.6 Å². The topological polar surface area (TPSA) is 47.0 Å². The Hall–Kier alpha value is -1.76. The van der Waals surface area contributed by atoms with E-state index in [1.54, 1.807) is 0 Å². The summed E-state index contributed by atoms with van der Waals surface area (Å²) in [5.41, 5.74) is 0.223. The van der Waals surface area contributed by atoms with Crippen molar-refractivity contribution in [2.24, 2.45) is 0 Å². The van der Waals surface area contributed by atoms with Gasteiger partial charge in [-0.2, -0.15) is 4.98 Å². The van der Waals surface area contributed by atoms with E-state index < -0.39 is 5.60 Å². The molecular formula is C15H23N3O. The normalized spacial score (nSPS) is 10.9. The molecule has 0 atom stereocenters. The molecule has 0 fully saturated rings. The lowest BCUT2D eigenvalue weighted by atomic mass is 10.1. The standard InChI is InChI=1S/C15H23N3O/c1-7-10-16-13-11(4)14(18-12(8-2)17-13)19-15(5,6)9-3/h3H,7-8,10H2,1-2,4-6H3,(H,16,17,18). The fourth-order valence-electron chi connectivity index (χ4n) is 1.48. The smallest absolute Gasteiger partial charge is 0.223 e. The highest BCUT2D eigenvalue weighted by molar-refractivity contribution is 5.48. The Bertz CT molecular complexity index is 475. The van der Waals surface area contributed by atoms with Gasteiger partial charge in [0.2, 0.25) is 5.88 Å². The van der Waals surface area contributed by atoms with Crippen LogP contribution in [0.5, 0.6) is 5.88 Å². The Morgan fingerprint density at radius 1 is 1.32 bits per heavy atom. The molecule has 0 aliphatic heterocycles. The molecule has 0 saturated heterocycles. The third-order valence-corrected chi connectivity index (χ3v) is 2.71. The van der Waals surface area contributed by atoms with E-state index in [1.807, 2.05) is 27.7 Å². The number of nitrogens with zero attached hydrogens (tertiary/aromatic N) is 2. The van der Waals surface area contributed by atoms with Crippen molar-refractivity contribution in [1.82, 2.24) is 9.97 Å². The number of nitrogens with one attached hydrogen (secondary N) is 1. The molecule has 19 heavy (non-hydrogen) atoms. The van der Waals surface area contributed by atoms with E-state index in [2.05, 4.69) is 28.1 Å². The maximum absolute atomic E-state index is 5.82. The van der Waals surface area contributed by atoms with Crippen LogP contribution < -0.4 is 10.1 Å². The second-order valence-corrected chi connectivity index (χ2v) is 4.96. The highest BCUT2D eigenvalue weighted by Crippen LogP contribution is 2.25. The van der Waals surface area contributed by atoms with Crippen molar-refractivity contribution >= 4 is 5.82 Å². The summed E-state index contributed by atoms with van der Waals surface area (Å²) in [4.78, 5) is 8.91. The molecule has 4 heteroatoms. The third-order valence-electron chi connectivity index (χ3n) is 2.71. The molecule has 0 radical (unpaired) electrons. The molecule has 1 rings (SSSR count). The average molecular weight is 261 g/mol. The van der Waals surface area contributed by atoms with Crippen LogP contribution in [0.2, 0.25) is 0 Å². The maximum atomic E-state index is 5.82. The van der Waals surface area contributed by atoms with E-state index >= 15 is 0 Å². The number of hydrogen-bond acceptors (Lipinski definition) is 4. The number of hydrogen-bond donors (Lipinski definition) is 1. The summed E-state index contributed by atoms with van der Waals surface area (Å²) < 4.78 is 5.82. The largest absolute Gasteiger partial charge is 0.458 e. The van der Waals surface area contributed by atoms with Crippen molar-refractivity contribution < 1.29 is 4.74 Å². The molecule has 1 heterocycles. The lowest BCUT2D eigenvalue weighted by Crippen LogP contribution is -2.27. The summed E-state index contributed by atoms with van der Waals surface area (Å²) in [5, 5.41) is 3.30. The van der Waals surface area contributed by atoms with Crippen LogP contribution in [-0.4, -0.2) is 22.1 Å². The molecule has 0 bridgehead atoms. The van der Waals surface area contributed by atoms with Crippen molar-refractivity contribution in [3.05, 3.63) is 11.4 Å². The lowest BCUT2D eigenvalue weighted by Gasteiger charge is -2.22. The van der Waals surface area contributed by atoms with Crippen molar-refractivity contribution in [3.8, 4) is 18.2 Å². The van der Waals surface area contributed by atoms with Gasteiger partial charge < -0.3 is 10.1 Å². The molecule has 104 valence electrons. The van der Waals surface area contributed by atoms with Crippen LogP contribution in [0.25, 0.3) is 0 Å². The van der Waals surface area contributed by atoms with E-state index in [-0.39, 0.29) is 0 Å². The zero-order chi connectivity index (χ0) is 14.5. The fourth-order valence-corrected chi connectivity index (χ4v) is 1.48. The van der Waals surface area contributed by atoms with Crippen molar-refractivity contribution in [2.45, 2.75) is 53.1 Å². The van der Waals surface area contributed by atoms with Crippen LogP contribution in [0.1, 0.15) is 45.5 Å². The van der Waals surface area contributed by atoms with Crippen LogP contribution in [0.15, 0.2) is 0 Å². The van der Waals surface area contributed by atoms with Crippen LogP contribution in [-0.2, 0) is 6.42 Å². The van der Waals surface area contributed by atoms with Crippen LogP contribution in [0.3, 0.4) is 0 Å². The first-order chi connectivity index (χ1) is 8.93. The molecule has 0 spiro atoms. The number of ether oxygens (including phenoxy) is 1. The van der Waals surface area contributed by atoms with Crippen LogP contribution >= 0.6 is 0 Å². The highest BCUT2D eigenvalue weighted by atomic mass is 16.5. The summed E-state index contributed by atoms with van der Waals surface area (Å²) in [5.74, 6) is 4.76. The molecule has 0 saturated carbocycles. The van der Waals surface area contributed by atoms with Crippen molar-refractivity contribution in [3.63, 3.8) is 0 Å². The summed E-state index contributed by atoms with van der Waals surface area (Å²) in [6, 6.07) is 0. The van der Waals surface area contributed by atoms with Gasteiger partial charge in [0.1, 0.15) is 11.6 Å². The zero-order valence-corrected chi connectivity index (χ0v) is 12.5. The minimum absolute atomic E-state index is 0.563. The molecular weight excluding hydrogens is 238 g/mol. The molecule has 1 aromatic heterocycles. The summed E-state index contributed by atoms with van der Waals surface area (Å²) in [6.07, 6.45) is 7.26. The third kappa shape index (κ3) is 4.13. The Morgan fingerprint density at radius 3 is 2.53 bits per heavy atom. The molecule has 0 aliphatic carbocycles. The second-order valence-electron chi connectivity index (χ2n) is 4.96. The minimum atomic E-state index is -0.674. The quantitative estimate of drug-likeness (QED) is 0.800. The van der Waals surface area contributed by atoms with Gasteiger partial charge in [0.05, 0.1) is 5.56 Å². The van der Waals surface area contributed by atoms with Gasteiger partial charge in [-0.25, -0.2) is 4.98 Å². The highest BCUT2D eigenvalue weighted by Gasteiger charge is 2.20. The number of terminal acetylenes is 1. The van der Waals surface area contributed by atoms with Gasteiger partial charge in [-0.05, 0) is 27.2 Å². The minimum Gasteiger partial charge on any atom is -0.458 e. The average Bonchev–Trinajstić information content (AvgIpc) is 2.39. The Balaban J connectivity index is 3.12. The van der Waals surface area contributed by atoms with Gasteiger partial charge in [-0.15, -0.1) is 6.42 Å². The predicted molar refractivity (Wildman–Crippen MR) is 78.5 cm³/mol. The summed E-state index contributed by atoms with van der Waals surface area (Å²) in [7, 11) is 0. The van der Waals surface area contributed by atoms with Crippen molar-refractivity contribution in [2.75, 3.05) is 11.9 Å². The van der Waals surface area contributed by atoms with E-state index in [4.69, 9.17) is 11.2 Å². The molecule has 0 aliphatic rings. The number of aromatic nitrogens is 2. The van der Waals surface area contributed by atoms with Crippen LogP contribution in [0.4, 0.5) is 5.82 Å². The van der Waals surface area contributed by atoms with Gasteiger partial charge >= 0.3 is 0 Å². The number of rotatable bonds is 6. The monoisotopic (exact) mass is 261 g/mol. The molecule has 0 amide bonds. The first-order valence-corrected chi connectivity index (χ1v) is 6.71. The van der Waals surface area contributed by atoms with E-state index in [1.165, 1.54) is 0 Å². The molecule has 0 unspecified atom stereocenters. The molecule has 0 aromatic carbocycles. The lowest BCUT2D eigenvalue weighted by molar-refractivity contribution is 0.162. The summed E-state index contributed by atoms with van der Waals surface area (Å²) >= 11 is 0. The fraction of sp³-hybridized carbons (Fsp3) is 0.600. The summed E-state index contributed by atoms with van der Waals surface area (Å²) in [6.45, 7) is 10.6. The van der Waals surface area contributed by atoms with Crippen LogP contribution in [0, 0.1) is 19.3 Å². The maximum Gasteiger partial charge on any atom is 0.223 e. The van der Waals surface area contributed by atoms with E-state index in [9.17, 15) is 0 Å². The first kappa shape index (κ1) is 15.3.